The van der Waals surface area contributed by atoms with Gasteiger partial charge in [-0.25, -0.2) is 17.6 Å². The van der Waals surface area contributed by atoms with Gasteiger partial charge in [0, 0.05) is 30.4 Å². The van der Waals surface area contributed by atoms with Gasteiger partial charge >= 0.3 is 5.97 Å². The van der Waals surface area contributed by atoms with Crippen molar-refractivity contribution in [3.8, 4) is 5.75 Å². The van der Waals surface area contributed by atoms with Gasteiger partial charge in [0.2, 0.25) is 0 Å². The molecule has 3 aromatic rings. The molecular weight excluding hydrogens is 598 g/mol. The van der Waals surface area contributed by atoms with E-state index < -0.39 is 36.6 Å². The smallest absolute Gasteiger partial charge is 0.317 e. The summed E-state index contributed by atoms with van der Waals surface area (Å²) in [7, 11) is 0. The van der Waals surface area contributed by atoms with Gasteiger partial charge in [0.15, 0.2) is 0 Å². The molecule has 0 radical (unpaired) electrons. The molecule has 0 aromatic heterocycles. The number of alkyl halides is 2. The molecule has 3 aliphatic heterocycles. The number of carboxylic acid groups (broad SMARTS) is 1. The normalized spacial score (nSPS) is 21.8. The predicted molar refractivity (Wildman–Crippen MR) is 168 cm³/mol. The number of piperidine rings is 2. The molecule has 2 fully saturated rings. The summed E-state index contributed by atoms with van der Waals surface area (Å²) in [6.07, 6.45) is 1.30. The Labute approximate surface area is 267 Å². The highest BCUT2D eigenvalue weighted by Gasteiger charge is 2.41. The van der Waals surface area contributed by atoms with Crippen molar-refractivity contribution >= 4 is 11.7 Å². The molecule has 2 atom stereocenters. The average Bonchev–Trinajstić information content (AvgIpc) is 3.02. The van der Waals surface area contributed by atoms with Crippen LogP contribution < -0.4 is 9.64 Å². The van der Waals surface area contributed by atoms with Gasteiger partial charge in [0.1, 0.15) is 24.0 Å². The molecule has 1 unspecified atom stereocenters. The molecule has 2 saturated heterocycles. The van der Waals surface area contributed by atoms with Crippen LogP contribution in [0.5, 0.6) is 5.75 Å². The second-order valence-electron chi connectivity index (χ2n) is 13.2. The Morgan fingerprint density at radius 1 is 1.00 bits per heavy atom. The Hall–Kier alpha value is -3.63. The number of halogens is 4. The van der Waals surface area contributed by atoms with Crippen molar-refractivity contribution in [2.24, 2.45) is 5.41 Å². The van der Waals surface area contributed by atoms with Crippen LogP contribution in [0.2, 0.25) is 0 Å². The molecule has 0 saturated carbocycles. The number of anilines is 1. The third kappa shape index (κ3) is 7.03. The first-order chi connectivity index (χ1) is 22.1. The second-order valence-corrected chi connectivity index (χ2v) is 13.2. The molecular formula is C36H41F4N3O3. The van der Waals surface area contributed by atoms with Gasteiger partial charge in [-0.05, 0) is 98.5 Å². The number of rotatable bonds is 9. The fourth-order valence-electron chi connectivity index (χ4n) is 7.72. The first-order valence-corrected chi connectivity index (χ1v) is 16.1. The summed E-state index contributed by atoms with van der Waals surface area (Å²) in [5.74, 6) is -1.73. The lowest BCUT2D eigenvalue weighted by Gasteiger charge is -2.48. The van der Waals surface area contributed by atoms with Crippen LogP contribution in [0.4, 0.5) is 23.2 Å². The lowest BCUT2D eigenvalue weighted by atomic mass is 9.72. The molecule has 1 N–H and O–H groups in total. The summed E-state index contributed by atoms with van der Waals surface area (Å²) in [5, 5.41) is 9.16. The highest BCUT2D eigenvalue weighted by atomic mass is 19.3. The number of hydrogen-bond acceptors (Lipinski definition) is 5. The van der Waals surface area contributed by atoms with Gasteiger partial charge in [-0.3, -0.25) is 14.6 Å². The number of fused-ring (bicyclic) bond motifs is 1. The van der Waals surface area contributed by atoms with E-state index in [0.29, 0.717) is 56.2 Å². The van der Waals surface area contributed by atoms with E-state index in [1.54, 1.807) is 12.1 Å². The van der Waals surface area contributed by atoms with Gasteiger partial charge in [-0.2, -0.15) is 0 Å². The van der Waals surface area contributed by atoms with E-state index in [0.717, 1.165) is 36.8 Å². The number of benzene rings is 3. The Bertz CT molecular complexity index is 1510. The quantitative estimate of drug-likeness (QED) is 0.257. The van der Waals surface area contributed by atoms with Crippen molar-refractivity contribution in [1.82, 2.24) is 9.80 Å². The minimum Gasteiger partial charge on any atom is -0.489 e. The standard InChI is InChI=1S/C36H41F4N3O3/c1-24-16-26-17-28(46-22-25-6-3-2-4-7-25)8-9-29(26)35(43(24)20-32(39)40)34-30(37)18-27(19-31(34)38)42-13-5-10-36(23-42)11-14-41(15-12-36)21-33(44)45/h2-4,6-9,17-19,24,32,35H,5,10-16,20-23H2,1H3,(H,44,45)/t24-,35?/m1/s1. The summed E-state index contributed by atoms with van der Waals surface area (Å²) >= 11 is 0. The summed E-state index contributed by atoms with van der Waals surface area (Å²) in [5.41, 5.74) is 2.61. The molecule has 246 valence electrons. The van der Waals surface area contributed by atoms with Crippen LogP contribution in [0.25, 0.3) is 0 Å². The van der Waals surface area contributed by atoms with E-state index in [2.05, 4.69) is 0 Å². The van der Waals surface area contributed by atoms with Gasteiger partial charge in [-0.15, -0.1) is 0 Å². The van der Waals surface area contributed by atoms with Crippen LogP contribution in [0.15, 0.2) is 60.7 Å². The van der Waals surface area contributed by atoms with Crippen molar-refractivity contribution < 1.29 is 32.2 Å². The van der Waals surface area contributed by atoms with Crippen molar-refractivity contribution in [1.29, 1.82) is 0 Å². The maximum absolute atomic E-state index is 16.2. The van der Waals surface area contributed by atoms with Crippen LogP contribution >= 0.6 is 0 Å². The van der Waals surface area contributed by atoms with Gasteiger partial charge < -0.3 is 14.7 Å². The number of carbonyl (C=O) groups is 1. The number of nitrogens with zero attached hydrogens (tertiary/aromatic N) is 3. The Kier molecular flexibility index (Phi) is 9.57. The molecule has 1 spiro atoms. The Morgan fingerprint density at radius 3 is 2.39 bits per heavy atom. The lowest BCUT2D eigenvalue weighted by Crippen LogP contribution is -2.50. The zero-order valence-corrected chi connectivity index (χ0v) is 26.1. The molecule has 3 aliphatic rings. The third-order valence-corrected chi connectivity index (χ3v) is 10.1. The molecule has 0 amide bonds. The highest BCUT2D eigenvalue weighted by Crippen LogP contribution is 2.44. The maximum Gasteiger partial charge on any atom is 0.317 e. The monoisotopic (exact) mass is 639 g/mol. The first kappa shape index (κ1) is 32.3. The van der Waals surface area contributed by atoms with Gasteiger partial charge in [-0.1, -0.05) is 36.4 Å². The zero-order chi connectivity index (χ0) is 32.4. The van der Waals surface area contributed by atoms with E-state index in [1.807, 2.05) is 53.1 Å². The molecule has 3 aromatic carbocycles. The number of likely N-dealkylation sites (tertiary alicyclic amines) is 1. The van der Waals surface area contributed by atoms with Gasteiger partial charge in [0.25, 0.3) is 6.43 Å². The summed E-state index contributed by atoms with van der Waals surface area (Å²) in [6.45, 7) is 4.25. The second kappa shape index (κ2) is 13.6. The minimum atomic E-state index is -2.67. The van der Waals surface area contributed by atoms with Crippen LogP contribution in [-0.4, -0.2) is 72.6 Å². The van der Waals surface area contributed by atoms with Crippen molar-refractivity contribution in [2.75, 3.05) is 44.2 Å². The number of aliphatic carboxylic acids is 1. The summed E-state index contributed by atoms with van der Waals surface area (Å²) < 4.78 is 66.2. The van der Waals surface area contributed by atoms with E-state index in [-0.39, 0.29) is 23.6 Å². The Morgan fingerprint density at radius 2 is 1.72 bits per heavy atom. The number of carboxylic acids is 1. The number of hydrogen-bond donors (Lipinski definition) is 1. The zero-order valence-electron chi connectivity index (χ0n) is 26.1. The first-order valence-electron chi connectivity index (χ1n) is 16.1. The van der Waals surface area contributed by atoms with Gasteiger partial charge in [0.05, 0.1) is 19.1 Å². The Balaban J connectivity index is 1.27. The van der Waals surface area contributed by atoms with Crippen LogP contribution in [0.3, 0.4) is 0 Å². The summed E-state index contributed by atoms with van der Waals surface area (Å²) in [6, 6.07) is 16.4. The van der Waals surface area contributed by atoms with E-state index in [9.17, 15) is 13.6 Å². The molecule has 10 heteroatoms. The largest absolute Gasteiger partial charge is 0.489 e. The van der Waals surface area contributed by atoms with E-state index in [1.165, 1.54) is 17.0 Å². The molecule has 6 nitrogen and oxygen atoms in total. The highest BCUT2D eigenvalue weighted by molar-refractivity contribution is 5.69. The van der Waals surface area contributed by atoms with Crippen molar-refractivity contribution in [3.63, 3.8) is 0 Å². The van der Waals surface area contributed by atoms with Crippen molar-refractivity contribution in [3.05, 3.63) is 94.6 Å². The molecule has 3 heterocycles. The summed E-state index contributed by atoms with van der Waals surface area (Å²) in [4.78, 5) is 16.6. The topological polar surface area (TPSA) is 56.3 Å². The molecule has 0 aliphatic carbocycles. The van der Waals surface area contributed by atoms with Crippen molar-refractivity contribution in [2.45, 2.75) is 64.1 Å². The van der Waals surface area contributed by atoms with Crippen LogP contribution in [0, 0.1) is 17.0 Å². The molecule has 6 rings (SSSR count). The van der Waals surface area contributed by atoms with Crippen LogP contribution in [-0.2, 0) is 17.8 Å². The minimum absolute atomic E-state index is 0.0190. The number of ether oxygens (including phenoxy) is 1. The maximum atomic E-state index is 16.2. The van der Waals surface area contributed by atoms with Crippen LogP contribution in [0.1, 0.15) is 60.9 Å². The van der Waals surface area contributed by atoms with E-state index >= 15 is 8.78 Å². The fourth-order valence-corrected chi connectivity index (χ4v) is 7.72. The lowest BCUT2D eigenvalue weighted by molar-refractivity contribution is -0.139. The average molecular weight is 640 g/mol. The molecule has 46 heavy (non-hydrogen) atoms. The van der Waals surface area contributed by atoms with E-state index in [4.69, 9.17) is 9.84 Å². The SMILES string of the molecule is C[C@@H]1Cc2cc(OCc3ccccc3)ccc2C(c2c(F)cc(N3CCCC4(CCN(CC(=O)O)CC4)C3)cc2F)N1CC(F)F. The predicted octanol–water partition coefficient (Wildman–Crippen LogP) is 6.91. The third-order valence-electron chi connectivity index (χ3n) is 10.1. The molecule has 0 bridgehead atoms. The fraction of sp³-hybridized carbons (Fsp3) is 0.472.